The Morgan fingerprint density at radius 2 is 0.605 bits per heavy atom. The van der Waals surface area contributed by atoms with Crippen molar-refractivity contribution in [1.82, 2.24) is 0 Å². The van der Waals surface area contributed by atoms with Crippen molar-refractivity contribution in [3.8, 4) is 66.2 Å². The molecule has 2 aromatic heterocycles. The average Bonchev–Trinajstić information content (AvgIpc) is 4.44. The molecule has 81 heavy (non-hydrogen) atoms. The molecular weight excluding hydrogens is 1010 g/mol. The zero-order chi connectivity index (χ0) is 52.9. The van der Waals surface area contributed by atoms with Gasteiger partial charge in [-0.15, -0.1) is 0 Å². The Kier molecular flexibility index (Phi) is 9.64. The van der Waals surface area contributed by atoms with Crippen LogP contribution in [0.2, 0.25) is 0 Å². The molecule has 2 heterocycles. The highest BCUT2D eigenvalue weighted by Gasteiger charge is 2.52. The van der Waals surface area contributed by atoms with E-state index >= 15 is 0 Å². The van der Waals surface area contributed by atoms with E-state index < -0.39 is 20.5 Å². The van der Waals surface area contributed by atoms with Crippen LogP contribution in [0, 0.1) is 0 Å². The van der Waals surface area contributed by atoms with Crippen molar-refractivity contribution in [2.45, 2.75) is 5.41 Å². The van der Waals surface area contributed by atoms with Crippen molar-refractivity contribution in [1.29, 1.82) is 0 Å². The Hall–Kier alpha value is -9.54. The summed E-state index contributed by atoms with van der Waals surface area (Å²) in [4.78, 5) is 0. The van der Waals surface area contributed by atoms with E-state index in [0.29, 0.717) is 0 Å². The summed E-state index contributed by atoms with van der Waals surface area (Å²) in [6.07, 6.45) is 0. The summed E-state index contributed by atoms with van der Waals surface area (Å²) in [6.45, 7) is 0. The molecule has 374 valence electrons. The van der Waals surface area contributed by atoms with Crippen LogP contribution in [0.5, 0.6) is 0 Å². The van der Waals surface area contributed by atoms with Gasteiger partial charge >= 0.3 is 0 Å². The van der Waals surface area contributed by atoms with E-state index in [0.717, 1.165) is 0 Å². The topological polar surface area (TPSA) is 0 Å². The van der Waals surface area contributed by atoms with Crippen LogP contribution >= 0.6 is 15.1 Å². The van der Waals surface area contributed by atoms with Crippen molar-refractivity contribution < 1.29 is 0 Å². The minimum Gasteiger partial charge on any atom is -0.0766 e. The summed E-state index contributed by atoms with van der Waals surface area (Å²) >= 11 is 0. The first kappa shape index (κ1) is 45.3. The van der Waals surface area contributed by atoms with Crippen LogP contribution in [0.15, 0.2) is 291 Å². The van der Waals surface area contributed by atoms with Crippen LogP contribution in [0.25, 0.3) is 141 Å². The van der Waals surface area contributed by atoms with Gasteiger partial charge in [-0.25, -0.2) is 0 Å². The average molecular weight is 1060 g/mol. The van der Waals surface area contributed by atoms with E-state index in [1.54, 1.807) is 0 Å². The number of rotatable bonds is 5. The lowest BCUT2D eigenvalue weighted by Crippen LogP contribution is -2.25. The molecule has 0 nitrogen and oxygen atoms in total. The van der Waals surface area contributed by atoms with Crippen molar-refractivity contribution >= 4 is 89.4 Å². The van der Waals surface area contributed by atoms with Gasteiger partial charge in [0.25, 0.3) is 0 Å². The van der Waals surface area contributed by atoms with Gasteiger partial charge in [0.1, 0.15) is 0 Å². The largest absolute Gasteiger partial charge is 0.0766 e. The predicted octanol–water partition coefficient (Wildman–Crippen LogP) is 23.1. The van der Waals surface area contributed by atoms with Gasteiger partial charge in [-0.2, -0.15) is 0 Å². The lowest BCUT2D eigenvalue weighted by Gasteiger charge is -2.30. The standard InChI is InChI=1S/C79H48P2/c1-3-23-50(24-4-1)80-72-44-15-11-30-57(72)63-38-19-36-61(77(63)80)53-32-17-34-59-66(53)48-67-54(62-37-20-39-64-58-31-12-16-45-73(58)81(78(62)64)51-25-5-2-6-26-51)33-18-35-60(67)74(59)65-40-21-43-70-76(65)75-52-27-8-7-22-49(52)46-47-71(75)79(70)68-41-13-9-28-55(68)56-29-10-14-42-69(56)79/h1-48H. The molecule has 2 atom stereocenters. The fourth-order valence-corrected chi connectivity index (χ4v) is 20.8. The van der Waals surface area contributed by atoms with Crippen molar-refractivity contribution in [3.63, 3.8) is 0 Å². The highest BCUT2D eigenvalue weighted by Crippen LogP contribution is 2.66. The van der Waals surface area contributed by atoms with Crippen molar-refractivity contribution in [3.05, 3.63) is 313 Å². The molecule has 0 N–H and O–H groups in total. The van der Waals surface area contributed by atoms with Crippen LogP contribution in [-0.2, 0) is 5.41 Å². The lowest BCUT2D eigenvalue weighted by molar-refractivity contribution is 0.794. The number of hydrogen-bond acceptors (Lipinski definition) is 0. The summed E-state index contributed by atoms with van der Waals surface area (Å²) in [5, 5.41) is 21.5. The van der Waals surface area contributed by atoms with Gasteiger partial charge in [0, 0.05) is 20.5 Å². The quantitative estimate of drug-likeness (QED) is 0.151. The Labute approximate surface area is 471 Å². The van der Waals surface area contributed by atoms with Gasteiger partial charge in [-0.05, 0) is 148 Å². The zero-order valence-electron chi connectivity index (χ0n) is 44.1. The van der Waals surface area contributed by atoms with E-state index in [4.69, 9.17) is 0 Å². The molecular formula is C79H48P2. The van der Waals surface area contributed by atoms with Gasteiger partial charge in [-0.3, -0.25) is 0 Å². The third-order valence-electron chi connectivity index (χ3n) is 18.3. The molecule has 0 bridgehead atoms. The molecule has 0 amide bonds. The van der Waals surface area contributed by atoms with Gasteiger partial charge in [0.05, 0.1) is 5.41 Å². The monoisotopic (exact) mass is 1060 g/mol. The van der Waals surface area contributed by atoms with Crippen LogP contribution in [0.1, 0.15) is 22.3 Å². The molecule has 2 heteroatoms. The molecule has 1 spiro atoms. The second-order valence-electron chi connectivity index (χ2n) is 22.1. The Morgan fingerprint density at radius 1 is 0.210 bits per heavy atom. The van der Waals surface area contributed by atoms with E-state index in [1.807, 2.05) is 0 Å². The first-order valence-corrected chi connectivity index (χ1v) is 30.9. The van der Waals surface area contributed by atoms with Gasteiger partial charge in [-0.1, -0.05) is 300 Å². The van der Waals surface area contributed by atoms with E-state index in [2.05, 4.69) is 291 Å². The number of hydrogen-bond donors (Lipinski definition) is 0. The van der Waals surface area contributed by atoms with Crippen LogP contribution in [0.3, 0.4) is 0 Å². The SMILES string of the molecule is c1ccc(-p2c3ccccc3c3cccc(-c4cccc5c(-c6cccc7c6-c6c(ccc8ccccc68)C76c7ccccc7-c7ccccc76)c6cccc(-c7cccc8c9ccccc9p(-c9ccccc9)c78)c6cc45)c32)cc1. The maximum atomic E-state index is 2.59. The third kappa shape index (κ3) is 6.11. The summed E-state index contributed by atoms with van der Waals surface area (Å²) in [5.74, 6) is 0. The third-order valence-corrected chi connectivity index (χ3v) is 23.5. The Morgan fingerprint density at radius 3 is 1.17 bits per heavy atom. The maximum Gasteiger partial charge on any atom is 0.0725 e. The minimum absolute atomic E-state index is 0.517. The summed E-state index contributed by atoms with van der Waals surface area (Å²) in [5.41, 5.74) is 17.9. The predicted molar refractivity (Wildman–Crippen MR) is 350 cm³/mol. The van der Waals surface area contributed by atoms with Crippen LogP contribution in [-0.4, -0.2) is 0 Å². The maximum absolute atomic E-state index is 2.59. The molecule has 18 rings (SSSR count). The second-order valence-corrected chi connectivity index (χ2v) is 26.3. The number of benzene rings is 14. The fraction of sp³-hybridized carbons (Fsp3) is 0.0127. The molecule has 0 aliphatic heterocycles. The van der Waals surface area contributed by atoms with Crippen molar-refractivity contribution in [2.24, 2.45) is 0 Å². The van der Waals surface area contributed by atoms with Gasteiger partial charge < -0.3 is 0 Å². The fourth-order valence-electron chi connectivity index (χ4n) is 15.2. The molecule has 2 unspecified atom stereocenters. The van der Waals surface area contributed by atoms with E-state index in [-0.39, 0.29) is 0 Å². The molecule has 2 aliphatic carbocycles. The molecule has 2 aliphatic rings. The highest BCUT2D eigenvalue weighted by atomic mass is 31.1. The van der Waals surface area contributed by atoms with Gasteiger partial charge in [0.2, 0.25) is 0 Å². The Balaban J connectivity index is 1.02. The molecule has 0 saturated heterocycles. The molecule has 0 fully saturated rings. The smallest absolute Gasteiger partial charge is 0.0725 e. The number of fused-ring (bicyclic) bond motifs is 20. The lowest BCUT2D eigenvalue weighted by atomic mass is 9.70. The molecule has 14 aromatic carbocycles. The first-order valence-electron chi connectivity index (χ1n) is 28.3. The first-order chi connectivity index (χ1) is 40.3. The molecule has 16 aromatic rings. The van der Waals surface area contributed by atoms with Crippen LogP contribution < -0.4 is 0 Å². The van der Waals surface area contributed by atoms with Crippen LogP contribution in [0.4, 0.5) is 0 Å². The van der Waals surface area contributed by atoms with E-state index in [9.17, 15) is 0 Å². The Bertz CT molecular complexity index is 5080. The second kappa shape index (κ2) is 17.2. The summed E-state index contributed by atoms with van der Waals surface area (Å²) in [6, 6.07) is 112. The zero-order valence-corrected chi connectivity index (χ0v) is 45.9. The highest BCUT2D eigenvalue weighted by molar-refractivity contribution is 7.68. The van der Waals surface area contributed by atoms with Gasteiger partial charge in [0.15, 0.2) is 0 Å². The molecule has 0 saturated carbocycles. The summed E-state index contributed by atoms with van der Waals surface area (Å²) in [7, 11) is -1.71. The molecule has 0 radical (unpaired) electrons. The van der Waals surface area contributed by atoms with Crippen molar-refractivity contribution in [2.75, 3.05) is 0 Å². The van der Waals surface area contributed by atoms with E-state index in [1.165, 1.54) is 163 Å². The normalized spacial score (nSPS) is 13.5. The minimum atomic E-state index is -0.853. The summed E-state index contributed by atoms with van der Waals surface area (Å²) < 4.78 is 0.